The quantitative estimate of drug-likeness (QED) is 0.524. The van der Waals surface area contributed by atoms with E-state index in [9.17, 15) is 9.59 Å². The first kappa shape index (κ1) is 23.1. The van der Waals surface area contributed by atoms with Crippen LogP contribution in [0.25, 0.3) is 0 Å². The normalized spacial score (nSPS) is 11.5. The Balaban J connectivity index is 1.56. The molecule has 1 heterocycles. The molecular weight excluding hydrogens is 432 g/mol. The fraction of sp³-hybridized carbons (Fsp3) is 0.261. The van der Waals surface area contributed by atoms with Crippen molar-refractivity contribution in [2.75, 3.05) is 24.4 Å². The van der Waals surface area contributed by atoms with Crippen LogP contribution in [0, 0.1) is 13.8 Å². The van der Waals surface area contributed by atoms with E-state index in [-0.39, 0.29) is 18.4 Å². The smallest absolute Gasteiger partial charge is 0.262 e. The van der Waals surface area contributed by atoms with Gasteiger partial charge in [-0.2, -0.15) is 5.10 Å². The molecule has 3 aromatic rings. The SMILES string of the molecule is COc1ccc(OCC(=O)Nc2ccc(NC(=O)C(C)n3nc(C)cc3C)c(Cl)c2)cc1. The number of rotatable bonds is 8. The Hall–Kier alpha value is -3.52. The summed E-state index contributed by atoms with van der Waals surface area (Å²) >= 11 is 6.31. The lowest BCUT2D eigenvalue weighted by Gasteiger charge is -2.16. The zero-order valence-electron chi connectivity index (χ0n) is 18.3. The highest BCUT2D eigenvalue weighted by molar-refractivity contribution is 6.34. The van der Waals surface area contributed by atoms with E-state index in [4.69, 9.17) is 21.1 Å². The molecule has 1 unspecified atom stereocenters. The topological polar surface area (TPSA) is 94.5 Å². The molecule has 2 amide bonds. The van der Waals surface area contributed by atoms with E-state index in [2.05, 4.69) is 15.7 Å². The van der Waals surface area contributed by atoms with Crippen LogP contribution in [-0.2, 0) is 9.59 Å². The molecule has 168 valence electrons. The molecule has 0 bridgehead atoms. The van der Waals surface area contributed by atoms with Crippen LogP contribution in [0.5, 0.6) is 11.5 Å². The second-order valence-electron chi connectivity index (χ2n) is 7.24. The molecular formula is C23H25ClN4O4. The van der Waals surface area contributed by atoms with E-state index in [0.29, 0.717) is 27.9 Å². The summed E-state index contributed by atoms with van der Waals surface area (Å²) < 4.78 is 12.2. The van der Waals surface area contributed by atoms with Crippen LogP contribution in [0.1, 0.15) is 24.4 Å². The monoisotopic (exact) mass is 456 g/mol. The second-order valence-corrected chi connectivity index (χ2v) is 7.65. The molecule has 32 heavy (non-hydrogen) atoms. The standard InChI is InChI=1S/C23H25ClN4O4/c1-14-11-15(2)28(27-14)16(3)23(30)26-21-10-5-17(12-20(21)24)25-22(29)13-32-19-8-6-18(31-4)7-9-19/h5-12,16H,13H2,1-4H3,(H,25,29)(H,26,30). The van der Waals surface area contributed by atoms with E-state index >= 15 is 0 Å². The minimum absolute atomic E-state index is 0.164. The largest absolute Gasteiger partial charge is 0.497 e. The molecule has 0 aliphatic heterocycles. The molecule has 0 aliphatic rings. The molecule has 3 rings (SSSR count). The van der Waals surface area contributed by atoms with Gasteiger partial charge in [0.1, 0.15) is 17.5 Å². The average molecular weight is 457 g/mol. The Bertz CT molecular complexity index is 1110. The molecule has 1 atom stereocenters. The summed E-state index contributed by atoms with van der Waals surface area (Å²) in [6, 6.07) is 13.2. The van der Waals surface area contributed by atoms with Gasteiger partial charge in [0.15, 0.2) is 6.61 Å². The third kappa shape index (κ3) is 5.79. The predicted molar refractivity (Wildman–Crippen MR) is 124 cm³/mol. The fourth-order valence-corrected chi connectivity index (χ4v) is 3.33. The number of methoxy groups -OCH3 is 1. The van der Waals surface area contributed by atoms with Crippen molar-refractivity contribution in [2.45, 2.75) is 26.8 Å². The van der Waals surface area contributed by atoms with Gasteiger partial charge in [-0.05, 0) is 69.3 Å². The van der Waals surface area contributed by atoms with Gasteiger partial charge >= 0.3 is 0 Å². The molecule has 9 heteroatoms. The summed E-state index contributed by atoms with van der Waals surface area (Å²) in [6.07, 6.45) is 0. The van der Waals surface area contributed by atoms with Crippen LogP contribution in [0.4, 0.5) is 11.4 Å². The lowest BCUT2D eigenvalue weighted by atomic mass is 10.2. The number of nitrogens with zero attached hydrogens (tertiary/aromatic N) is 2. The van der Waals surface area contributed by atoms with Gasteiger partial charge in [0.2, 0.25) is 5.91 Å². The van der Waals surface area contributed by atoms with E-state index in [1.165, 1.54) is 0 Å². The summed E-state index contributed by atoms with van der Waals surface area (Å²) in [5, 5.41) is 10.2. The van der Waals surface area contributed by atoms with E-state index in [0.717, 1.165) is 11.4 Å². The van der Waals surface area contributed by atoms with Crippen molar-refractivity contribution in [3.63, 3.8) is 0 Å². The van der Waals surface area contributed by atoms with Gasteiger partial charge in [-0.25, -0.2) is 0 Å². The lowest BCUT2D eigenvalue weighted by molar-refractivity contribution is -0.119. The number of amides is 2. The molecule has 8 nitrogen and oxygen atoms in total. The highest BCUT2D eigenvalue weighted by atomic mass is 35.5. The summed E-state index contributed by atoms with van der Waals surface area (Å²) in [4.78, 5) is 24.8. The van der Waals surface area contributed by atoms with E-state index in [1.54, 1.807) is 61.2 Å². The van der Waals surface area contributed by atoms with Gasteiger partial charge in [-0.1, -0.05) is 11.6 Å². The minimum Gasteiger partial charge on any atom is -0.497 e. The number of carbonyl (C=O) groups excluding carboxylic acids is 2. The Kier molecular flexibility index (Phi) is 7.37. The van der Waals surface area contributed by atoms with Crippen molar-refractivity contribution in [1.29, 1.82) is 0 Å². The predicted octanol–water partition coefficient (Wildman–Crippen LogP) is 4.38. The van der Waals surface area contributed by atoms with Crippen LogP contribution in [0.15, 0.2) is 48.5 Å². The highest BCUT2D eigenvalue weighted by Gasteiger charge is 2.19. The molecule has 0 saturated carbocycles. The Labute approximate surface area is 191 Å². The molecule has 0 saturated heterocycles. The molecule has 0 fully saturated rings. The van der Waals surface area contributed by atoms with Crippen molar-refractivity contribution in [1.82, 2.24) is 9.78 Å². The van der Waals surface area contributed by atoms with Crippen LogP contribution in [0.2, 0.25) is 5.02 Å². The zero-order valence-corrected chi connectivity index (χ0v) is 19.1. The molecule has 1 aromatic heterocycles. The zero-order chi connectivity index (χ0) is 23.3. The Morgan fingerprint density at radius 1 is 1.06 bits per heavy atom. The van der Waals surface area contributed by atoms with Crippen LogP contribution < -0.4 is 20.1 Å². The van der Waals surface area contributed by atoms with Crippen molar-refractivity contribution in [2.24, 2.45) is 0 Å². The average Bonchev–Trinajstić information content (AvgIpc) is 3.11. The fourth-order valence-electron chi connectivity index (χ4n) is 3.10. The number of carbonyl (C=O) groups is 2. The molecule has 2 N–H and O–H groups in total. The van der Waals surface area contributed by atoms with Crippen molar-refractivity contribution < 1.29 is 19.1 Å². The summed E-state index contributed by atoms with van der Waals surface area (Å²) in [6.45, 7) is 5.37. The maximum absolute atomic E-state index is 12.6. The third-order valence-corrected chi connectivity index (χ3v) is 5.04. The third-order valence-electron chi connectivity index (χ3n) is 4.73. The number of nitrogens with one attached hydrogen (secondary N) is 2. The lowest BCUT2D eigenvalue weighted by Crippen LogP contribution is -2.25. The van der Waals surface area contributed by atoms with E-state index in [1.807, 2.05) is 19.9 Å². The first-order valence-electron chi connectivity index (χ1n) is 9.96. The molecule has 2 aromatic carbocycles. The number of halogens is 1. The van der Waals surface area contributed by atoms with Crippen LogP contribution in [0.3, 0.4) is 0 Å². The molecule has 0 spiro atoms. The number of hydrogen-bond acceptors (Lipinski definition) is 5. The number of aromatic nitrogens is 2. The first-order valence-corrected chi connectivity index (χ1v) is 10.3. The number of ether oxygens (including phenoxy) is 2. The first-order chi connectivity index (χ1) is 15.3. The number of aryl methyl sites for hydroxylation is 2. The summed E-state index contributed by atoms with van der Waals surface area (Å²) in [7, 11) is 1.58. The number of benzene rings is 2. The molecule has 0 radical (unpaired) electrons. The van der Waals surface area contributed by atoms with Gasteiger partial charge < -0.3 is 20.1 Å². The van der Waals surface area contributed by atoms with Gasteiger partial charge in [0, 0.05) is 11.4 Å². The Morgan fingerprint density at radius 2 is 1.75 bits per heavy atom. The van der Waals surface area contributed by atoms with Crippen molar-refractivity contribution >= 4 is 34.8 Å². The van der Waals surface area contributed by atoms with Gasteiger partial charge in [-0.15, -0.1) is 0 Å². The second kappa shape index (κ2) is 10.2. The molecule has 0 aliphatic carbocycles. The maximum Gasteiger partial charge on any atom is 0.262 e. The number of anilines is 2. The highest BCUT2D eigenvalue weighted by Crippen LogP contribution is 2.26. The van der Waals surface area contributed by atoms with Gasteiger partial charge in [0.25, 0.3) is 5.91 Å². The van der Waals surface area contributed by atoms with E-state index < -0.39 is 6.04 Å². The maximum atomic E-state index is 12.6. The summed E-state index contributed by atoms with van der Waals surface area (Å²) in [5.41, 5.74) is 2.67. The van der Waals surface area contributed by atoms with Crippen LogP contribution in [-0.4, -0.2) is 35.3 Å². The van der Waals surface area contributed by atoms with Crippen molar-refractivity contribution in [3.05, 3.63) is 64.9 Å². The van der Waals surface area contributed by atoms with Gasteiger partial charge in [-0.3, -0.25) is 14.3 Å². The minimum atomic E-state index is -0.505. The van der Waals surface area contributed by atoms with Gasteiger partial charge in [0.05, 0.1) is 23.5 Å². The van der Waals surface area contributed by atoms with Crippen LogP contribution >= 0.6 is 11.6 Å². The van der Waals surface area contributed by atoms with Crippen molar-refractivity contribution in [3.8, 4) is 11.5 Å². The number of hydrogen-bond donors (Lipinski definition) is 2. The Morgan fingerprint density at radius 3 is 2.34 bits per heavy atom. The summed E-state index contributed by atoms with van der Waals surface area (Å²) in [5.74, 6) is 0.663.